The molecular formula is C26H23O2S+. The van der Waals surface area contributed by atoms with E-state index in [0.29, 0.717) is 13.2 Å². The van der Waals surface area contributed by atoms with Crippen molar-refractivity contribution in [3.8, 4) is 5.75 Å². The quantitative estimate of drug-likeness (QED) is 0.375. The van der Waals surface area contributed by atoms with Gasteiger partial charge >= 0.3 is 0 Å². The molecule has 0 aliphatic rings. The van der Waals surface area contributed by atoms with Gasteiger partial charge in [0.15, 0.2) is 14.7 Å². The van der Waals surface area contributed by atoms with Crippen LogP contribution in [-0.2, 0) is 28.8 Å². The van der Waals surface area contributed by atoms with E-state index in [1.165, 1.54) is 14.7 Å². The van der Waals surface area contributed by atoms with Crippen LogP contribution in [0.4, 0.5) is 0 Å². The SMILES string of the molecule is Oc1ccc(COCc2ccc([S+](c3ccccc3)c3ccccc3)cc2)cc1. The molecule has 0 bridgehead atoms. The summed E-state index contributed by atoms with van der Waals surface area (Å²) in [6, 6.07) is 37.2. The zero-order chi connectivity index (χ0) is 19.9. The zero-order valence-corrected chi connectivity index (χ0v) is 16.9. The Morgan fingerprint density at radius 2 is 0.931 bits per heavy atom. The van der Waals surface area contributed by atoms with E-state index in [9.17, 15) is 5.11 Å². The Kier molecular flexibility index (Phi) is 6.30. The van der Waals surface area contributed by atoms with Crippen molar-refractivity contribution in [2.75, 3.05) is 0 Å². The van der Waals surface area contributed by atoms with Crippen LogP contribution in [-0.4, -0.2) is 5.11 Å². The van der Waals surface area contributed by atoms with E-state index in [4.69, 9.17) is 4.74 Å². The number of benzene rings is 4. The lowest BCUT2D eigenvalue weighted by atomic mass is 10.2. The van der Waals surface area contributed by atoms with Crippen molar-refractivity contribution in [2.24, 2.45) is 0 Å². The van der Waals surface area contributed by atoms with E-state index in [0.717, 1.165) is 11.1 Å². The highest BCUT2D eigenvalue weighted by Crippen LogP contribution is 2.31. The molecule has 0 aromatic heterocycles. The fourth-order valence-electron chi connectivity index (χ4n) is 3.12. The highest BCUT2D eigenvalue weighted by molar-refractivity contribution is 7.97. The highest BCUT2D eigenvalue weighted by atomic mass is 32.2. The van der Waals surface area contributed by atoms with Crippen molar-refractivity contribution in [2.45, 2.75) is 27.9 Å². The van der Waals surface area contributed by atoms with Gasteiger partial charge in [-0.25, -0.2) is 0 Å². The molecule has 4 aromatic rings. The molecule has 4 rings (SSSR count). The molecule has 0 unspecified atom stereocenters. The molecule has 0 fully saturated rings. The smallest absolute Gasteiger partial charge is 0.166 e. The number of phenolic OH excluding ortho intramolecular Hbond substituents is 1. The maximum atomic E-state index is 9.36. The number of rotatable bonds is 7. The normalized spacial score (nSPS) is 10.9. The lowest BCUT2D eigenvalue weighted by Crippen LogP contribution is -2.04. The predicted octanol–water partition coefficient (Wildman–Crippen LogP) is 6.20. The first-order valence-corrected chi connectivity index (χ1v) is 10.8. The Labute approximate surface area is 174 Å². The Balaban J connectivity index is 1.48. The van der Waals surface area contributed by atoms with Crippen LogP contribution in [0.5, 0.6) is 5.75 Å². The monoisotopic (exact) mass is 399 g/mol. The second-order valence-electron chi connectivity index (χ2n) is 6.74. The van der Waals surface area contributed by atoms with Gasteiger partial charge in [0.25, 0.3) is 0 Å². The second-order valence-corrected chi connectivity index (χ2v) is 8.76. The second kappa shape index (κ2) is 9.46. The molecule has 0 heterocycles. The molecule has 3 heteroatoms. The van der Waals surface area contributed by atoms with Gasteiger partial charge in [0.1, 0.15) is 5.75 Å². The van der Waals surface area contributed by atoms with Crippen LogP contribution < -0.4 is 0 Å². The van der Waals surface area contributed by atoms with Gasteiger partial charge in [-0.3, -0.25) is 0 Å². The van der Waals surface area contributed by atoms with E-state index in [-0.39, 0.29) is 16.6 Å². The lowest BCUT2D eigenvalue weighted by molar-refractivity contribution is 0.107. The molecule has 29 heavy (non-hydrogen) atoms. The van der Waals surface area contributed by atoms with Gasteiger partial charge in [-0.15, -0.1) is 0 Å². The Hall–Kier alpha value is -3.01. The molecule has 1 N–H and O–H groups in total. The van der Waals surface area contributed by atoms with Crippen molar-refractivity contribution in [1.29, 1.82) is 0 Å². The van der Waals surface area contributed by atoms with E-state index in [1.54, 1.807) is 12.1 Å². The first kappa shape index (κ1) is 19.3. The van der Waals surface area contributed by atoms with Gasteiger partial charge in [-0.1, -0.05) is 60.7 Å². The average molecular weight is 400 g/mol. The van der Waals surface area contributed by atoms with Crippen LogP contribution >= 0.6 is 0 Å². The summed E-state index contributed by atoms with van der Waals surface area (Å²) in [5, 5.41) is 9.36. The third-order valence-corrected chi connectivity index (χ3v) is 6.82. The molecule has 144 valence electrons. The van der Waals surface area contributed by atoms with Crippen LogP contribution in [0.3, 0.4) is 0 Å². The van der Waals surface area contributed by atoms with E-state index < -0.39 is 0 Å². The van der Waals surface area contributed by atoms with Crippen LogP contribution in [0.25, 0.3) is 0 Å². The van der Waals surface area contributed by atoms with Gasteiger partial charge < -0.3 is 9.84 Å². The van der Waals surface area contributed by atoms with Crippen LogP contribution in [0.1, 0.15) is 11.1 Å². The number of phenols is 1. The first-order valence-electron chi connectivity index (χ1n) is 9.58. The number of hydrogen-bond acceptors (Lipinski definition) is 2. The molecule has 0 saturated carbocycles. The summed E-state index contributed by atoms with van der Waals surface area (Å²) in [4.78, 5) is 3.93. The molecule has 0 aliphatic heterocycles. The van der Waals surface area contributed by atoms with Crippen molar-refractivity contribution < 1.29 is 9.84 Å². The van der Waals surface area contributed by atoms with E-state index in [2.05, 4.69) is 84.9 Å². The Bertz CT molecular complexity index is 974. The molecule has 0 amide bonds. The third kappa shape index (κ3) is 5.08. The minimum atomic E-state index is -0.125. The van der Waals surface area contributed by atoms with Crippen LogP contribution in [0.2, 0.25) is 0 Å². The predicted molar refractivity (Wildman–Crippen MR) is 118 cm³/mol. The molecule has 2 nitrogen and oxygen atoms in total. The molecule has 0 radical (unpaired) electrons. The topological polar surface area (TPSA) is 29.5 Å². The van der Waals surface area contributed by atoms with Crippen molar-refractivity contribution in [3.05, 3.63) is 120 Å². The summed E-state index contributed by atoms with van der Waals surface area (Å²) in [6.07, 6.45) is 0. The minimum absolute atomic E-state index is 0.125. The van der Waals surface area contributed by atoms with Crippen LogP contribution in [0.15, 0.2) is 124 Å². The Morgan fingerprint density at radius 3 is 1.41 bits per heavy atom. The molecule has 0 aliphatic carbocycles. The van der Waals surface area contributed by atoms with E-state index in [1.807, 2.05) is 12.1 Å². The standard InChI is InChI=1S/C26H22O2S/c27-23-15-11-21(12-16-23)19-28-20-22-13-17-26(18-14-22)29(24-7-3-1-4-8-24)25-9-5-2-6-10-25/h1-18H,19-20H2/p+1. The molecular weight excluding hydrogens is 376 g/mol. The fourth-order valence-corrected chi connectivity index (χ4v) is 5.21. The first-order chi connectivity index (χ1) is 14.3. The number of ether oxygens (including phenoxy) is 1. The summed E-state index contributed by atoms with van der Waals surface area (Å²) in [5.41, 5.74) is 2.20. The number of aromatic hydroxyl groups is 1. The summed E-state index contributed by atoms with van der Waals surface area (Å²) < 4.78 is 5.84. The van der Waals surface area contributed by atoms with Gasteiger partial charge in [-0.2, -0.15) is 0 Å². The van der Waals surface area contributed by atoms with Gasteiger partial charge in [0.2, 0.25) is 0 Å². The van der Waals surface area contributed by atoms with Gasteiger partial charge in [0, 0.05) is 0 Å². The minimum Gasteiger partial charge on any atom is -0.508 e. The van der Waals surface area contributed by atoms with Crippen LogP contribution in [0, 0.1) is 0 Å². The molecule has 0 atom stereocenters. The third-order valence-electron chi connectivity index (χ3n) is 4.59. The average Bonchev–Trinajstić information content (AvgIpc) is 2.78. The largest absolute Gasteiger partial charge is 0.508 e. The fraction of sp³-hybridized carbons (Fsp3) is 0.0769. The summed E-state index contributed by atoms with van der Waals surface area (Å²) in [6.45, 7) is 1.09. The maximum Gasteiger partial charge on any atom is 0.166 e. The maximum absolute atomic E-state index is 9.36. The van der Waals surface area contributed by atoms with Gasteiger partial charge in [0.05, 0.1) is 24.1 Å². The highest BCUT2D eigenvalue weighted by Gasteiger charge is 2.27. The zero-order valence-electron chi connectivity index (χ0n) is 16.1. The summed E-state index contributed by atoms with van der Waals surface area (Å²) in [5.74, 6) is 0.275. The molecule has 4 aromatic carbocycles. The molecule has 0 spiro atoms. The van der Waals surface area contributed by atoms with E-state index >= 15 is 0 Å². The Morgan fingerprint density at radius 1 is 0.517 bits per heavy atom. The van der Waals surface area contributed by atoms with Crippen molar-refractivity contribution in [3.63, 3.8) is 0 Å². The molecule has 0 saturated heterocycles. The summed E-state index contributed by atoms with van der Waals surface area (Å²) in [7, 11) is -0.125. The van der Waals surface area contributed by atoms with Crippen molar-refractivity contribution in [1.82, 2.24) is 0 Å². The van der Waals surface area contributed by atoms with Gasteiger partial charge in [-0.05, 0) is 59.7 Å². The summed E-state index contributed by atoms with van der Waals surface area (Å²) >= 11 is 0. The van der Waals surface area contributed by atoms with Crippen molar-refractivity contribution >= 4 is 10.9 Å². The number of hydrogen-bond donors (Lipinski definition) is 1. The lowest BCUT2D eigenvalue weighted by Gasteiger charge is -2.09.